The number of hydrogen-bond donors (Lipinski definition) is 0. The zero-order valence-corrected chi connectivity index (χ0v) is 11.2. The molecule has 0 aromatic heterocycles. The van der Waals surface area contributed by atoms with Crippen LogP contribution in [0.5, 0.6) is 0 Å². The van der Waals surface area contributed by atoms with Crippen molar-refractivity contribution in [3.8, 4) is 0 Å². The van der Waals surface area contributed by atoms with Gasteiger partial charge in [-0.05, 0) is 49.1 Å². The molecule has 19 heavy (non-hydrogen) atoms. The fraction of sp³-hybridized carbons (Fsp3) is 0.533. The summed E-state index contributed by atoms with van der Waals surface area (Å²) in [4.78, 5) is 12.2. The molecule has 3 atom stereocenters. The van der Waals surface area contributed by atoms with E-state index in [1.54, 1.807) is 0 Å². The van der Waals surface area contributed by atoms with Gasteiger partial charge in [-0.15, -0.1) is 0 Å². The summed E-state index contributed by atoms with van der Waals surface area (Å²) in [7, 11) is 0. The second-order valence-corrected chi connectivity index (χ2v) is 6.22. The van der Waals surface area contributed by atoms with E-state index in [1.807, 2.05) is 0 Å². The maximum atomic E-state index is 13.2. The number of carbonyl (C=O) groups excluding carboxylic acids is 1. The van der Waals surface area contributed by atoms with Gasteiger partial charge in [-0.2, -0.15) is 0 Å². The molecule has 2 bridgehead atoms. The molecule has 0 N–H and O–H groups in total. The van der Waals surface area contributed by atoms with Crippen LogP contribution in [0.1, 0.15) is 42.5 Å². The van der Waals surface area contributed by atoms with Gasteiger partial charge in [0.25, 0.3) is 0 Å². The molecule has 2 aliphatic rings. The minimum atomic E-state index is -1.01. The van der Waals surface area contributed by atoms with Gasteiger partial charge in [-0.3, -0.25) is 4.79 Å². The molecule has 0 aliphatic heterocycles. The van der Waals surface area contributed by atoms with Crippen LogP contribution in [0.2, 0.25) is 5.02 Å². The van der Waals surface area contributed by atoms with E-state index in [-0.39, 0.29) is 16.4 Å². The lowest BCUT2D eigenvalue weighted by molar-refractivity contribution is 0.0944. The molecule has 1 aromatic carbocycles. The lowest BCUT2D eigenvalue weighted by Crippen LogP contribution is -2.15. The average molecular weight is 285 g/mol. The summed E-state index contributed by atoms with van der Waals surface area (Å²) in [6, 6.07) is 1.80. The smallest absolute Gasteiger partial charge is 0.164 e. The first-order valence-corrected chi connectivity index (χ1v) is 7.10. The van der Waals surface area contributed by atoms with Crippen molar-refractivity contribution in [3.63, 3.8) is 0 Å². The van der Waals surface area contributed by atoms with Gasteiger partial charge in [-0.25, -0.2) is 8.78 Å². The highest BCUT2D eigenvalue weighted by atomic mass is 35.5. The Labute approximate surface area is 116 Å². The Hall–Kier alpha value is -0.960. The molecule has 2 aliphatic carbocycles. The van der Waals surface area contributed by atoms with Crippen molar-refractivity contribution < 1.29 is 13.6 Å². The van der Waals surface area contributed by atoms with Crippen molar-refractivity contribution in [1.29, 1.82) is 0 Å². The van der Waals surface area contributed by atoms with Gasteiger partial charge in [0.2, 0.25) is 0 Å². The molecule has 1 nitrogen and oxygen atoms in total. The summed E-state index contributed by atoms with van der Waals surface area (Å²) in [6.45, 7) is 0. The molecule has 0 spiro atoms. The van der Waals surface area contributed by atoms with E-state index < -0.39 is 11.6 Å². The number of benzene rings is 1. The van der Waals surface area contributed by atoms with Crippen molar-refractivity contribution in [1.82, 2.24) is 0 Å². The highest BCUT2D eigenvalue weighted by Gasteiger charge is 2.40. The summed E-state index contributed by atoms with van der Waals surface area (Å²) in [6.07, 6.45) is 5.21. The number of fused-ring (bicyclic) bond motifs is 2. The van der Waals surface area contributed by atoms with Crippen LogP contribution in [0.4, 0.5) is 8.78 Å². The van der Waals surface area contributed by atoms with E-state index in [4.69, 9.17) is 11.6 Å². The molecular formula is C15H15ClF2O. The van der Waals surface area contributed by atoms with Crippen molar-refractivity contribution in [2.24, 2.45) is 17.8 Å². The second-order valence-electron chi connectivity index (χ2n) is 5.81. The van der Waals surface area contributed by atoms with Crippen LogP contribution in [0.15, 0.2) is 12.1 Å². The van der Waals surface area contributed by atoms with E-state index >= 15 is 0 Å². The van der Waals surface area contributed by atoms with Crippen LogP contribution in [-0.2, 0) is 0 Å². The van der Waals surface area contributed by atoms with Crippen LogP contribution in [-0.4, -0.2) is 5.78 Å². The quantitative estimate of drug-likeness (QED) is 0.584. The number of hydrogen-bond acceptors (Lipinski definition) is 1. The van der Waals surface area contributed by atoms with Crippen LogP contribution in [0.25, 0.3) is 0 Å². The Morgan fingerprint density at radius 1 is 1.21 bits per heavy atom. The van der Waals surface area contributed by atoms with Crippen molar-refractivity contribution >= 4 is 17.4 Å². The number of ketones is 1. The Morgan fingerprint density at radius 3 is 2.58 bits per heavy atom. The van der Waals surface area contributed by atoms with Gasteiger partial charge in [0.1, 0.15) is 0 Å². The largest absolute Gasteiger partial charge is 0.294 e. The van der Waals surface area contributed by atoms with E-state index in [2.05, 4.69) is 0 Å². The molecule has 0 radical (unpaired) electrons. The first kappa shape index (κ1) is 13.0. The normalized spacial score (nSPS) is 28.9. The predicted octanol–water partition coefficient (Wildman–Crippen LogP) is 4.63. The number of rotatable bonds is 3. The number of carbonyl (C=O) groups is 1. The SMILES string of the molecule is O=C(CC1CC2CCC1C2)c1cc(F)c(F)cc1Cl. The zero-order valence-electron chi connectivity index (χ0n) is 10.5. The summed E-state index contributed by atoms with van der Waals surface area (Å²) in [5, 5.41) is 0.00653. The second kappa shape index (κ2) is 4.86. The van der Waals surface area contributed by atoms with E-state index in [9.17, 15) is 13.6 Å². The fourth-order valence-corrected chi connectivity index (χ4v) is 3.97. The van der Waals surface area contributed by atoms with Gasteiger partial charge in [0, 0.05) is 12.0 Å². The molecular weight excluding hydrogens is 270 g/mol. The molecule has 0 amide bonds. The third-order valence-electron chi connectivity index (χ3n) is 4.64. The molecule has 3 unspecified atom stereocenters. The third kappa shape index (κ3) is 2.40. The number of halogens is 3. The Balaban J connectivity index is 1.75. The molecule has 2 saturated carbocycles. The number of Topliss-reactive ketones (excluding diaryl/α,β-unsaturated/α-hetero) is 1. The first-order valence-electron chi connectivity index (χ1n) is 6.72. The Kier molecular flexibility index (Phi) is 3.34. The van der Waals surface area contributed by atoms with Crippen LogP contribution in [0.3, 0.4) is 0 Å². The summed E-state index contributed by atoms with van der Waals surface area (Å²) in [5.41, 5.74) is 0.114. The lowest BCUT2D eigenvalue weighted by atomic mass is 9.84. The fourth-order valence-electron chi connectivity index (χ4n) is 3.71. The Morgan fingerprint density at radius 2 is 1.95 bits per heavy atom. The minimum absolute atomic E-state index is 0.00653. The van der Waals surface area contributed by atoms with E-state index in [0.29, 0.717) is 18.3 Å². The molecule has 2 fully saturated rings. The molecule has 1 aromatic rings. The van der Waals surface area contributed by atoms with Crippen molar-refractivity contribution in [2.75, 3.05) is 0 Å². The van der Waals surface area contributed by atoms with Crippen LogP contribution in [0, 0.1) is 29.4 Å². The predicted molar refractivity (Wildman–Crippen MR) is 69.3 cm³/mol. The van der Waals surface area contributed by atoms with E-state index in [1.165, 1.54) is 19.3 Å². The third-order valence-corrected chi connectivity index (χ3v) is 4.96. The van der Waals surface area contributed by atoms with Gasteiger partial charge < -0.3 is 0 Å². The van der Waals surface area contributed by atoms with E-state index in [0.717, 1.165) is 24.5 Å². The standard InChI is InChI=1S/C15H15ClF2O/c16-12-7-14(18)13(17)6-11(12)15(19)5-10-4-8-1-2-9(10)3-8/h6-10H,1-5H2. The molecule has 0 heterocycles. The first-order chi connectivity index (χ1) is 9.04. The topological polar surface area (TPSA) is 17.1 Å². The molecule has 102 valence electrons. The maximum Gasteiger partial charge on any atom is 0.164 e. The minimum Gasteiger partial charge on any atom is -0.294 e. The van der Waals surface area contributed by atoms with Gasteiger partial charge in [-0.1, -0.05) is 18.0 Å². The van der Waals surface area contributed by atoms with Crippen molar-refractivity contribution in [2.45, 2.75) is 32.1 Å². The Bertz CT molecular complexity index is 529. The van der Waals surface area contributed by atoms with Gasteiger partial charge in [0.15, 0.2) is 17.4 Å². The van der Waals surface area contributed by atoms with Crippen LogP contribution >= 0.6 is 11.6 Å². The molecule has 4 heteroatoms. The highest BCUT2D eigenvalue weighted by molar-refractivity contribution is 6.34. The monoisotopic (exact) mass is 284 g/mol. The lowest BCUT2D eigenvalue weighted by Gasteiger charge is -2.20. The van der Waals surface area contributed by atoms with Crippen LogP contribution < -0.4 is 0 Å². The average Bonchev–Trinajstić information content (AvgIpc) is 2.95. The summed E-state index contributed by atoms with van der Waals surface area (Å²) < 4.78 is 26.2. The highest BCUT2D eigenvalue weighted by Crippen LogP contribution is 2.49. The van der Waals surface area contributed by atoms with Crippen molar-refractivity contribution in [3.05, 3.63) is 34.4 Å². The summed E-state index contributed by atoms with van der Waals surface area (Å²) >= 11 is 5.83. The molecule has 0 saturated heterocycles. The van der Waals surface area contributed by atoms with Gasteiger partial charge in [0.05, 0.1) is 5.02 Å². The molecule has 3 rings (SSSR count). The van der Waals surface area contributed by atoms with Gasteiger partial charge >= 0.3 is 0 Å². The zero-order chi connectivity index (χ0) is 13.6. The maximum absolute atomic E-state index is 13.2. The summed E-state index contributed by atoms with van der Waals surface area (Å²) in [5.74, 6) is -0.389.